The fourth-order valence-electron chi connectivity index (χ4n) is 2.37. The highest BCUT2D eigenvalue weighted by molar-refractivity contribution is 5.02. The molecule has 94 valence electrons. The zero-order valence-electron chi connectivity index (χ0n) is 10.5. The van der Waals surface area contributed by atoms with Crippen LogP contribution in [0.15, 0.2) is 17.1 Å². The van der Waals surface area contributed by atoms with Gasteiger partial charge in [0, 0.05) is 18.7 Å². The van der Waals surface area contributed by atoms with Crippen molar-refractivity contribution >= 4 is 0 Å². The molecule has 0 spiro atoms. The monoisotopic (exact) mass is 235 g/mol. The third kappa shape index (κ3) is 3.66. The Hall–Kier alpha value is -1.16. The molecule has 1 saturated carbocycles. The lowest BCUT2D eigenvalue weighted by Crippen LogP contribution is -2.35. The molecule has 0 amide bonds. The molecule has 1 aromatic heterocycles. The van der Waals surface area contributed by atoms with Gasteiger partial charge in [-0.15, -0.1) is 0 Å². The van der Waals surface area contributed by atoms with Crippen LogP contribution in [0.4, 0.5) is 0 Å². The maximum absolute atomic E-state index is 11.6. The van der Waals surface area contributed by atoms with Crippen molar-refractivity contribution in [3.63, 3.8) is 0 Å². The number of hydrogen-bond donors (Lipinski definition) is 1. The summed E-state index contributed by atoms with van der Waals surface area (Å²) in [6.07, 6.45) is 8.33. The maximum atomic E-state index is 11.6. The summed E-state index contributed by atoms with van der Waals surface area (Å²) in [7, 11) is 0. The van der Waals surface area contributed by atoms with E-state index in [0.717, 1.165) is 12.1 Å². The van der Waals surface area contributed by atoms with E-state index >= 15 is 0 Å². The molecule has 0 aliphatic heterocycles. The minimum atomic E-state index is -0.00422. The molecule has 1 heterocycles. The van der Waals surface area contributed by atoms with E-state index in [1.165, 1.54) is 36.8 Å². The van der Waals surface area contributed by atoms with Crippen molar-refractivity contribution in [1.82, 2.24) is 15.1 Å². The van der Waals surface area contributed by atoms with Gasteiger partial charge in [0.15, 0.2) is 0 Å². The van der Waals surface area contributed by atoms with Crippen LogP contribution < -0.4 is 10.9 Å². The summed E-state index contributed by atoms with van der Waals surface area (Å²) in [5.41, 5.74) is 0.918. The molecule has 0 radical (unpaired) electrons. The van der Waals surface area contributed by atoms with Crippen molar-refractivity contribution in [2.45, 2.75) is 51.6 Å². The predicted molar refractivity (Wildman–Crippen MR) is 68.1 cm³/mol. The highest BCUT2D eigenvalue weighted by Gasteiger charge is 2.11. The summed E-state index contributed by atoms with van der Waals surface area (Å²) in [5, 5.41) is 7.64. The van der Waals surface area contributed by atoms with Gasteiger partial charge in [-0.25, -0.2) is 4.68 Å². The fraction of sp³-hybridized carbons (Fsp3) is 0.692. The largest absolute Gasteiger partial charge is 0.312 e. The smallest absolute Gasteiger partial charge is 0.267 e. The summed E-state index contributed by atoms with van der Waals surface area (Å²) in [6, 6.07) is 2.28. The van der Waals surface area contributed by atoms with E-state index in [9.17, 15) is 4.79 Å². The summed E-state index contributed by atoms with van der Waals surface area (Å²) < 4.78 is 1.53. The molecular weight excluding hydrogens is 214 g/mol. The Morgan fingerprint density at radius 2 is 2.18 bits per heavy atom. The Labute approximate surface area is 102 Å². The van der Waals surface area contributed by atoms with E-state index in [-0.39, 0.29) is 5.56 Å². The van der Waals surface area contributed by atoms with E-state index in [4.69, 9.17) is 0 Å². The normalized spacial score (nSPS) is 17.2. The van der Waals surface area contributed by atoms with Crippen molar-refractivity contribution in [3.05, 3.63) is 28.2 Å². The second-order valence-corrected chi connectivity index (χ2v) is 4.88. The molecule has 4 heteroatoms. The number of rotatable bonds is 4. The van der Waals surface area contributed by atoms with Crippen molar-refractivity contribution < 1.29 is 0 Å². The van der Waals surface area contributed by atoms with E-state index in [0.29, 0.717) is 12.6 Å². The zero-order chi connectivity index (χ0) is 12.1. The fourth-order valence-corrected chi connectivity index (χ4v) is 2.37. The number of nitrogens with zero attached hydrogens (tertiary/aromatic N) is 2. The molecule has 4 nitrogen and oxygen atoms in total. The first kappa shape index (κ1) is 12.3. The lowest BCUT2D eigenvalue weighted by molar-refractivity contribution is 0.363. The van der Waals surface area contributed by atoms with Crippen LogP contribution in [-0.2, 0) is 6.54 Å². The van der Waals surface area contributed by atoms with E-state index < -0.39 is 0 Å². The number of aryl methyl sites for hydroxylation is 1. The minimum Gasteiger partial charge on any atom is -0.312 e. The Morgan fingerprint density at radius 1 is 1.41 bits per heavy atom. The average molecular weight is 235 g/mol. The lowest BCUT2D eigenvalue weighted by atomic mass is 9.95. The number of hydrogen-bond acceptors (Lipinski definition) is 3. The van der Waals surface area contributed by atoms with Gasteiger partial charge in [-0.2, -0.15) is 5.10 Å². The molecule has 17 heavy (non-hydrogen) atoms. The molecule has 0 atom stereocenters. The van der Waals surface area contributed by atoms with Gasteiger partial charge >= 0.3 is 0 Å². The molecule has 0 aromatic carbocycles. The molecule has 1 aliphatic rings. The Morgan fingerprint density at radius 3 is 2.88 bits per heavy atom. The molecule has 1 fully saturated rings. The van der Waals surface area contributed by atoms with Crippen LogP contribution >= 0.6 is 0 Å². The third-order valence-corrected chi connectivity index (χ3v) is 3.37. The molecule has 0 bridgehead atoms. The first-order chi connectivity index (χ1) is 8.25. The van der Waals surface area contributed by atoms with Gasteiger partial charge in [-0.1, -0.05) is 19.3 Å². The molecule has 2 rings (SSSR count). The van der Waals surface area contributed by atoms with Gasteiger partial charge in [0.1, 0.15) is 0 Å². The molecule has 1 N–H and O–H groups in total. The third-order valence-electron chi connectivity index (χ3n) is 3.37. The summed E-state index contributed by atoms with van der Waals surface area (Å²) >= 11 is 0. The lowest BCUT2D eigenvalue weighted by Gasteiger charge is -2.22. The van der Waals surface area contributed by atoms with Gasteiger partial charge in [-0.3, -0.25) is 4.79 Å². The average Bonchev–Trinajstić information content (AvgIpc) is 2.33. The maximum Gasteiger partial charge on any atom is 0.267 e. The van der Waals surface area contributed by atoms with Crippen LogP contribution in [0.3, 0.4) is 0 Å². The van der Waals surface area contributed by atoms with Gasteiger partial charge in [0.05, 0.1) is 12.7 Å². The van der Waals surface area contributed by atoms with Crippen molar-refractivity contribution in [1.29, 1.82) is 0 Å². The molecular formula is C13H21N3O. The SMILES string of the molecule is Cc1cnn(CCNC2CCCCC2)c(=O)c1. The van der Waals surface area contributed by atoms with Gasteiger partial charge in [0.25, 0.3) is 5.56 Å². The van der Waals surface area contributed by atoms with Crippen LogP contribution in [0.5, 0.6) is 0 Å². The highest BCUT2D eigenvalue weighted by Crippen LogP contribution is 2.16. The standard InChI is InChI=1S/C13H21N3O/c1-11-9-13(17)16(15-10-11)8-7-14-12-5-3-2-4-6-12/h9-10,12,14H,2-8H2,1H3. The Kier molecular flexibility index (Phi) is 4.31. The molecule has 1 aromatic rings. The van der Waals surface area contributed by atoms with E-state index in [2.05, 4.69) is 10.4 Å². The quantitative estimate of drug-likeness (QED) is 0.859. The van der Waals surface area contributed by atoms with Crippen LogP contribution in [0.25, 0.3) is 0 Å². The van der Waals surface area contributed by atoms with Gasteiger partial charge in [-0.05, 0) is 25.3 Å². The van der Waals surface area contributed by atoms with Gasteiger partial charge < -0.3 is 5.32 Å². The topological polar surface area (TPSA) is 46.9 Å². The Bertz CT molecular complexity index is 407. The molecule has 1 aliphatic carbocycles. The van der Waals surface area contributed by atoms with Crippen molar-refractivity contribution in [3.8, 4) is 0 Å². The van der Waals surface area contributed by atoms with Crippen molar-refractivity contribution in [2.75, 3.05) is 6.54 Å². The van der Waals surface area contributed by atoms with Crippen LogP contribution in [0.1, 0.15) is 37.7 Å². The first-order valence-corrected chi connectivity index (χ1v) is 6.53. The van der Waals surface area contributed by atoms with Crippen LogP contribution in [-0.4, -0.2) is 22.4 Å². The molecule has 0 unspecified atom stereocenters. The van der Waals surface area contributed by atoms with Gasteiger partial charge in [0.2, 0.25) is 0 Å². The Balaban J connectivity index is 1.79. The number of aromatic nitrogens is 2. The first-order valence-electron chi connectivity index (χ1n) is 6.53. The predicted octanol–water partition coefficient (Wildman–Crippen LogP) is 1.47. The molecule has 0 saturated heterocycles. The van der Waals surface area contributed by atoms with Crippen LogP contribution in [0.2, 0.25) is 0 Å². The second-order valence-electron chi connectivity index (χ2n) is 4.88. The summed E-state index contributed by atoms with van der Waals surface area (Å²) in [4.78, 5) is 11.6. The highest BCUT2D eigenvalue weighted by atomic mass is 16.1. The minimum absolute atomic E-state index is 0.00422. The van der Waals surface area contributed by atoms with Crippen LogP contribution in [0, 0.1) is 6.92 Å². The van der Waals surface area contributed by atoms with Crippen molar-refractivity contribution in [2.24, 2.45) is 0 Å². The summed E-state index contributed by atoms with van der Waals surface area (Å²) in [5.74, 6) is 0. The second kappa shape index (κ2) is 5.96. The number of nitrogens with one attached hydrogen (secondary N) is 1. The zero-order valence-corrected chi connectivity index (χ0v) is 10.5. The van der Waals surface area contributed by atoms with E-state index in [1.807, 2.05) is 6.92 Å². The van der Waals surface area contributed by atoms with E-state index in [1.54, 1.807) is 12.3 Å². The summed E-state index contributed by atoms with van der Waals surface area (Å²) in [6.45, 7) is 3.38.